The minimum absolute atomic E-state index is 0.00789. The molecule has 7 nitrogen and oxygen atoms in total. The number of anilines is 1. The van der Waals surface area contributed by atoms with Gasteiger partial charge in [0.1, 0.15) is 21.8 Å². The second kappa shape index (κ2) is 12.1. The maximum atomic E-state index is 13.4. The Hall–Kier alpha value is -2.93. The number of hydrogen-bond acceptors (Lipinski definition) is 7. The first kappa shape index (κ1) is 27.6. The fraction of sp³-hybridized carbons (Fsp3) is 0.467. The van der Waals surface area contributed by atoms with Crippen molar-refractivity contribution in [2.24, 2.45) is 5.92 Å². The van der Waals surface area contributed by atoms with Gasteiger partial charge in [0, 0.05) is 31.8 Å². The Morgan fingerprint density at radius 1 is 1.18 bits per heavy atom. The highest BCUT2D eigenvalue weighted by Crippen LogP contribution is 2.37. The van der Waals surface area contributed by atoms with Crippen LogP contribution in [0.2, 0.25) is 0 Å². The third-order valence-corrected chi connectivity index (χ3v) is 9.38. The number of nitrogens with zero attached hydrogens (tertiary/aromatic N) is 4. The molecule has 0 spiro atoms. The molecule has 3 saturated heterocycles. The van der Waals surface area contributed by atoms with E-state index in [1.807, 2.05) is 26.0 Å². The number of rotatable bonds is 7. The minimum Gasteiger partial charge on any atom is -0.376 e. The molecule has 1 amide bonds. The summed E-state index contributed by atoms with van der Waals surface area (Å²) in [7, 11) is 0. The maximum Gasteiger partial charge on any atom is 0.270 e. The molecule has 0 bridgehead atoms. The van der Waals surface area contributed by atoms with Crippen molar-refractivity contribution in [1.29, 1.82) is 5.26 Å². The molecule has 9 heteroatoms. The van der Waals surface area contributed by atoms with Crippen LogP contribution >= 0.6 is 24.0 Å². The fourth-order valence-electron chi connectivity index (χ4n) is 5.85. The quantitative estimate of drug-likeness (QED) is 0.351. The van der Waals surface area contributed by atoms with Gasteiger partial charge >= 0.3 is 0 Å². The number of hydrogen-bond donors (Lipinski definition) is 0. The van der Waals surface area contributed by atoms with Crippen molar-refractivity contribution in [2.75, 3.05) is 31.1 Å². The molecule has 0 saturated carbocycles. The molecule has 3 aliphatic rings. The number of carbonyl (C=O) groups excluding carboxylic acids is 1. The molecule has 2 aromatic rings. The van der Waals surface area contributed by atoms with Crippen molar-refractivity contribution < 1.29 is 9.53 Å². The molecule has 204 valence electrons. The highest BCUT2D eigenvalue weighted by Gasteiger charge is 2.35. The highest BCUT2D eigenvalue weighted by molar-refractivity contribution is 8.26. The smallest absolute Gasteiger partial charge is 0.270 e. The molecule has 1 aromatic heterocycles. The van der Waals surface area contributed by atoms with Crippen LogP contribution in [0.3, 0.4) is 0 Å². The van der Waals surface area contributed by atoms with Crippen molar-refractivity contribution in [2.45, 2.75) is 58.6 Å². The summed E-state index contributed by atoms with van der Waals surface area (Å²) in [4.78, 5) is 31.2. The van der Waals surface area contributed by atoms with E-state index >= 15 is 0 Å². The van der Waals surface area contributed by atoms with E-state index in [0.717, 1.165) is 63.2 Å². The average molecular weight is 563 g/mol. The second-order valence-corrected chi connectivity index (χ2v) is 12.1. The normalized spacial score (nSPS) is 21.3. The van der Waals surface area contributed by atoms with Gasteiger partial charge in [-0.25, -0.2) is 0 Å². The first-order valence-electron chi connectivity index (χ1n) is 13.7. The van der Waals surface area contributed by atoms with Crippen LogP contribution in [-0.2, 0) is 22.5 Å². The highest BCUT2D eigenvalue weighted by atomic mass is 32.2. The first-order valence-corrected chi connectivity index (χ1v) is 15.0. The Kier molecular flexibility index (Phi) is 8.55. The molecule has 1 unspecified atom stereocenters. The Balaban J connectivity index is 1.47. The molecule has 1 atom stereocenters. The Morgan fingerprint density at radius 2 is 1.92 bits per heavy atom. The van der Waals surface area contributed by atoms with Gasteiger partial charge in [-0.05, 0) is 69.1 Å². The largest absolute Gasteiger partial charge is 0.376 e. The SMILES string of the molecule is CCn1c(N2CCC(Cc3ccccc3)CC2)c(C=C2SC(=S)N(CC3CCCO3)C2=O)c(C)c(C#N)c1=O. The van der Waals surface area contributed by atoms with Crippen LogP contribution in [0.15, 0.2) is 40.0 Å². The van der Waals surface area contributed by atoms with Crippen LogP contribution in [0, 0.1) is 24.2 Å². The molecule has 3 fully saturated rings. The standard InChI is InChI=1S/C30H34N4O3S2/c1-3-33-27(32-13-11-22(12-14-32)16-21-8-5-4-6-9-21)24(20(2)25(18-31)28(33)35)17-26-29(36)34(30(38)39-26)19-23-10-7-15-37-23/h4-6,8-9,17,22-23H,3,7,10-16,19H2,1-2H3. The van der Waals surface area contributed by atoms with Gasteiger partial charge in [-0.3, -0.25) is 19.1 Å². The van der Waals surface area contributed by atoms with Crippen LogP contribution in [0.4, 0.5) is 5.82 Å². The number of amides is 1. The van der Waals surface area contributed by atoms with E-state index in [0.29, 0.717) is 33.8 Å². The lowest BCUT2D eigenvalue weighted by atomic mass is 9.90. The number of carbonyl (C=O) groups is 1. The van der Waals surface area contributed by atoms with Gasteiger partial charge in [-0.1, -0.05) is 54.3 Å². The number of benzene rings is 1. The monoisotopic (exact) mass is 562 g/mol. The van der Waals surface area contributed by atoms with Crippen molar-refractivity contribution in [3.8, 4) is 6.07 Å². The van der Waals surface area contributed by atoms with Gasteiger partial charge < -0.3 is 9.64 Å². The number of thiocarbonyl (C=S) groups is 1. The lowest BCUT2D eigenvalue weighted by molar-refractivity contribution is -0.123. The predicted molar refractivity (Wildman–Crippen MR) is 160 cm³/mol. The topological polar surface area (TPSA) is 78.6 Å². The number of thioether (sulfide) groups is 1. The van der Waals surface area contributed by atoms with Gasteiger partial charge in [0.05, 0.1) is 17.6 Å². The van der Waals surface area contributed by atoms with Gasteiger partial charge in [-0.2, -0.15) is 5.26 Å². The molecule has 39 heavy (non-hydrogen) atoms. The summed E-state index contributed by atoms with van der Waals surface area (Å²) in [5, 5.41) is 9.86. The van der Waals surface area contributed by atoms with Crippen molar-refractivity contribution in [1.82, 2.24) is 9.47 Å². The zero-order chi connectivity index (χ0) is 27.5. The number of nitriles is 1. The zero-order valence-corrected chi connectivity index (χ0v) is 24.2. The third kappa shape index (κ3) is 5.69. The van der Waals surface area contributed by atoms with Crippen molar-refractivity contribution in [3.05, 3.63) is 67.8 Å². The number of piperidine rings is 1. The van der Waals surface area contributed by atoms with Gasteiger partial charge in [-0.15, -0.1) is 0 Å². The van der Waals surface area contributed by atoms with E-state index in [1.165, 1.54) is 17.3 Å². The van der Waals surface area contributed by atoms with Gasteiger partial charge in [0.2, 0.25) is 0 Å². The number of aromatic nitrogens is 1. The lowest BCUT2D eigenvalue weighted by Gasteiger charge is -2.36. The third-order valence-electron chi connectivity index (χ3n) is 8.00. The molecule has 3 aliphatic heterocycles. The summed E-state index contributed by atoms with van der Waals surface area (Å²) < 4.78 is 7.96. The summed E-state index contributed by atoms with van der Waals surface area (Å²) >= 11 is 6.86. The van der Waals surface area contributed by atoms with E-state index in [-0.39, 0.29) is 23.1 Å². The predicted octanol–water partition coefficient (Wildman–Crippen LogP) is 4.89. The van der Waals surface area contributed by atoms with E-state index < -0.39 is 0 Å². The first-order chi connectivity index (χ1) is 18.9. The summed E-state index contributed by atoms with van der Waals surface area (Å²) in [5.74, 6) is 1.23. The summed E-state index contributed by atoms with van der Waals surface area (Å²) in [6.07, 6.45) is 6.84. The minimum atomic E-state index is -0.276. The summed E-state index contributed by atoms with van der Waals surface area (Å²) in [6.45, 7) is 6.97. The van der Waals surface area contributed by atoms with Crippen molar-refractivity contribution >= 4 is 46.1 Å². The van der Waals surface area contributed by atoms with Crippen LogP contribution in [0.25, 0.3) is 6.08 Å². The number of pyridine rings is 1. The van der Waals surface area contributed by atoms with E-state index in [4.69, 9.17) is 17.0 Å². The molecule has 0 radical (unpaired) electrons. The molecule has 0 aliphatic carbocycles. The molecular weight excluding hydrogens is 528 g/mol. The number of ether oxygens (including phenoxy) is 1. The van der Waals surface area contributed by atoms with Gasteiger partial charge in [0.15, 0.2) is 0 Å². The molecule has 4 heterocycles. The van der Waals surface area contributed by atoms with Crippen molar-refractivity contribution in [3.63, 3.8) is 0 Å². The Bertz CT molecular complexity index is 1380. The van der Waals surface area contributed by atoms with Crippen LogP contribution < -0.4 is 10.5 Å². The fourth-order valence-corrected chi connectivity index (χ4v) is 7.11. The molecular formula is C30H34N4O3S2. The molecule has 5 rings (SSSR count). The van der Waals surface area contributed by atoms with E-state index in [9.17, 15) is 14.9 Å². The summed E-state index contributed by atoms with van der Waals surface area (Å²) in [5.41, 5.74) is 2.56. The Labute approximate surface area is 239 Å². The van der Waals surface area contributed by atoms with Gasteiger partial charge in [0.25, 0.3) is 11.5 Å². The lowest BCUT2D eigenvalue weighted by Crippen LogP contribution is -2.39. The average Bonchev–Trinajstić information content (AvgIpc) is 3.55. The van der Waals surface area contributed by atoms with E-state index in [2.05, 4.69) is 35.2 Å². The maximum absolute atomic E-state index is 13.4. The zero-order valence-electron chi connectivity index (χ0n) is 22.5. The van der Waals surface area contributed by atoms with Crippen LogP contribution in [0.5, 0.6) is 0 Å². The second-order valence-electron chi connectivity index (χ2n) is 10.4. The Morgan fingerprint density at radius 3 is 2.56 bits per heavy atom. The van der Waals surface area contributed by atoms with E-state index in [1.54, 1.807) is 9.47 Å². The molecule has 1 aromatic carbocycles. The van der Waals surface area contributed by atoms with Crippen LogP contribution in [-0.4, -0.2) is 52.0 Å². The summed E-state index contributed by atoms with van der Waals surface area (Å²) in [6, 6.07) is 12.7. The van der Waals surface area contributed by atoms with Crippen LogP contribution in [0.1, 0.15) is 54.9 Å². The molecule has 0 N–H and O–H groups in total.